The average Bonchev–Trinajstić information content (AvgIpc) is 3.39. The molecule has 0 saturated heterocycles. The Balaban J connectivity index is 0.00000160. The fourth-order valence-corrected chi connectivity index (χ4v) is 2.83. The van der Waals surface area contributed by atoms with Crippen molar-refractivity contribution in [3.63, 3.8) is 0 Å². The molecule has 2 aromatic heterocycles. The molecule has 1 N–H and O–H groups in total. The van der Waals surface area contributed by atoms with Gasteiger partial charge in [0, 0.05) is 38.3 Å². The van der Waals surface area contributed by atoms with Gasteiger partial charge in [0.25, 0.3) is 0 Å². The van der Waals surface area contributed by atoms with Gasteiger partial charge in [-0.3, -0.25) is 14.8 Å². The summed E-state index contributed by atoms with van der Waals surface area (Å²) in [6.45, 7) is 3.18. The molecule has 0 spiro atoms. The first-order chi connectivity index (χ1) is 13.3. The molecule has 0 unspecified atom stereocenters. The summed E-state index contributed by atoms with van der Waals surface area (Å²) in [5.41, 5.74) is 1.86. The van der Waals surface area contributed by atoms with Crippen LogP contribution in [0.15, 0.2) is 30.6 Å². The number of hydrogen-bond donors (Lipinski definition) is 1. The maximum atomic E-state index is 12.4. The van der Waals surface area contributed by atoms with Gasteiger partial charge in [-0.2, -0.15) is 0 Å². The number of aryl methyl sites for hydroxylation is 1. The average molecular weight is 443 g/mol. The summed E-state index contributed by atoms with van der Waals surface area (Å²) in [5, 5.41) is 2.61. The van der Waals surface area contributed by atoms with E-state index in [-0.39, 0.29) is 37.5 Å². The predicted octanol–water partition coefficient (Wildman–Crippen LogP) is 3.55. The molecule has 1 aliphatic rings. The zero-order valence-electron chi connectivity index (χ0n) is 15.1. The van der Waals surface area contributed by atoms with Gasteiger partial charge < -0.3 is 14.6 Å². The van der Waals surface area contributed by atoms with Gasteiger partial charge in [0.2, 0.25) is 5.91 Å². The third kappa shape index (κ3) is 4.83. The summed E-state index contributed by atoms with van der Waals surface area (Å²) in [6, 6.07) is 4.21. The van der Waals surface area contributed by atoms with Gasteiger partial charge >= 0.3 is 6.36 Å². The third-order valence-corrected chi connectivity index (χ3v) is 4.18. The quantitative estimate of drug-likeness (QED) is 0.610. The van der Waals surface area contributed by atoms with Gasteiger partial charge in [0.15, 0.2) is 0 Å². The van der Waals surface area contributed by atoms with Crippen molar-refractivity contribution in [3.05, 3.63) is 54.3 Å². The van der Waals surface area contributed by atoms with E-state index in [1.165, 1.54) is 37.1 Å². The van der Waals surface area contributed by atoms with Crippen LogP contribution in [0.1, 0.15) is 42.3 Å². The number of hydrogen-bond acceptors (Lipinski definition) is 5. The van der Waals surface area contributed by atoms with Crippen molar-refractivity contribution >= 4 is 16.9 Å². The number of alkyl halides is 3. The Kier molecular flexibility index (Phi) is 5.76. The SMILES string of the molecule is Cc1cnc(C(=O)N[CH-]c2nc3cc(OC(F)(F)F)ccc3n2C2CC2)cn1.[HH].[V]. The number of benzene rings is 1. The van der Waals surface area contributed by atoms with Crippen LogP contribution in [0.25, 0.3) is 11.0 Å². The summed E-state index contributed by atoms with van der Waals surface area (Å²) in [6.07, 6.45) is -0.0562. The van der Waals surface area contributed by atoms with Crippen LogP contribution in [0.5, 0.6) is 5.75 Å². The summed E-state index contributed by atoms with van der Waals surface area (Å²) < 4.78 is 43.2. The maximum absolute atomic E-state index is 12.4. The van der Waals surface area contributed by atoms with Crippen molar-refractivity contribution in [2.75, 3.05) is 0 Å². The first-order valence-corrected chi connectivity index (χ1v) is 8.50. The van der Waals surface area contributed by atoms with Gasteiger partial charge in [-0.05, 0) is 37.7 Å². The first-order valence-electron chi connectivity index (χ1n) is 8.50. The number of carbonyl (C=O) groups excluding carboxylic acids is 1. The number of imidazole rings is 1. The number of nitrogens with one attached hydrogen (secondary N) is 1. The molecule has 1 aromatic carbocycles. The molecule has 0 atom stereocenters. The Morgan fingerprint density at radius 2 is 2.07 bits per heavy atom. The molecule has 0 bridgehead atoms. The molecule has 0 aliphatic heterocycles. The van der Waals surface area contributed by atoms with Crippen LogP contribution in [0, 0.1) is 13.5 Å². The summed E-state index contributed by atoms with van der Waals surface area (Å²) >= 11 is 0. The van der Waals surface area contributed by atoms with E-state index in [1.807, 2.05) is 4.57 Å². The summed E-state index contributed by atoms with van der Waals surface area (Å²) in [5.74, 6) is -0.357. The fourth-order valence-electron chi connectivity index (χ4n) is 2.83. The van der Waals surface area contributed by atoms with Crippen LogP contribution in [0.2, 0.25) is 0 Å². The molecule has 1 saturated carbocycles. The van der Waals surface area contributed by atoms with Crippen LogP contribution in [-0.2, 0) is 18.6 Å². The zero-order chi connectivity index (χ0) is 19.9. The number of amides is 1. The second kappa shape index (κ2) is 7.96. The number of halogens is 3. The van der Waals surface area contributed by atoms with Crippen molar-refractivity contribution in [2.24, 2.45) is 0 Å². The number of ether oxygens (including phenoxy) is 1. The second-order valence-corrected chi connectivity index (χ2v) is 6.43. The van der Waals surface area contributed by atoms with E-state index in [0.29, 0.717) is 22.6 Å². The van der Waals surface area contributed by atoms with Crippen LogP contribution in [0.3, 0.4) is 0 Å². The zero-order valence-corrected chi connectivity index (χ0v) is 16.5. The Hall–Kier alpha value is -2.72. The van der Waals surface area contributed by atoms with Crippen LogP contribution in [-0.4, -0.2) is 31.8 Å². The minimum atomic E-state index is -4.77. The molecule has 1 amide bonds. The van der Waals surface area contributed by atoms with E-state index in [1.54, 1.807) is 6.92 Å². The van der Waals surface area contributed by atoms with Crippen LogP contribution >= 0.6 is 0 Å². The monoisotopic (exact) mass is 443 g/mol. The number of nitrogens with zero attached hydrogens (tertiary/aromatic N) is 4. The van der Waals surface area contributed by atoms with Gasteiger partial charge in [-0.1, -0.05) is 0 Å². The topological polar surface area (TPSA) is 81.9 Å². The Bertz CT molecular complexity index is 1040. The van der Waals surface area contributed by atoms with E-state index in [4.69, 9.17) is 0 Å². The minimum Gasteiger partial charge on any atom is -0.478 e. The molecule has 3 aromatic rings. The fraction of sp³-hybridized carbons (Fsp3) is 0.278. The molecule has 1 fully saturated rings. The van der Waals surface area contributed by atoms with E-state index in [2.05, 4.69) is 25.0 Å². The third-order valence-electron chi connectivity index (χ3n) is 4.18. The molecular formula is C18H17F3N5O2V-. The maximum Gasteiger partial charge on any atom is 0.573 e. The normalized spacial score (nSPS) is 13.7. The van der Waals surface area contributed by atoms with Crippen molar-refractivity contribution < 1.29 is 42.7 Å². The summed E-state index contributed by atoms with van der Waals surface area (Å²) in [7, 11) is 0. The second-order valence-electron chi connectivity index (χ2n) is 6.43. The molecule has 1 aliphatic carbocycles. The van der Waals surface area contributed by atoms with Gasteiger partial charge in [0.1, 0.15) is 11.4 Å². The van der Waals surface area contributed by atoms with E-state index >= 15 is 0 Å². The molecule has 153 valence electrons. The predicted molar refractivity (Wildman–Crippen MR) is 94.4 cm³/mol. The van der Waals surface area contributed by atoms with Gasteiger partial charge in [0.05, 0.1) is 22.9 Å². The number of carbonyl (C=O) groups is 1. The number of aromatic nitrogens is 4. The Morgan fingerprint density at radius 1 is 1.31 bits per heavy atom. The van der Waals surface area contributed by atoms with Crippen LogP contribution in [0.4, 0.5) is 13.2 Å². The molecule has 2 heterocycles. The van der Waals surface area contributed by atoms with E-state index in [9.17, 15) is 18.0 Å². The number of fused-ring (bicyclic) bond motifs is 1. The summed E-state index contributed by atoms with van der Waals surface area (Å²) in [4.78, 5) is 24.6. The molecule has 11 heteroatoms. The standard InChI is InChI=1S/C18H15F3N5O2.V.H2/c1-10-7-23-14(8-22-10)17(27)24-9-16-25-13-6-12(28-18(19,20)21)4-5-15(13)26(16)11-2-3-11;;/h4-9,11H,2-3H2,1H3,(H,24,27);;1H/q-1;;. The Morgan fingerprint density at radius 3 is 2.69 bits per heavy atom. The van der Waals surface area contributed by atoms with Crippen molar-refractivity contribution in [3.8, 4) is 5.75 Å². The van der Waals surface area contributed by atoms with Crippen molar-refractivity contribution in [2.45, 2.75) is 32.2 Å². The minimum absolute atomic E-state index is 0. The van der Waals surface area contributed by atoms with Gasteiger partial charge in [-0.25, -0.2) is 11.5 Å². The largest absolute Gasteiger partial charge is 0.573 e. The molecule has 7 nitrogen and oxygen atoms in total. The smallest absolute Gasteiger partial charge is 0.478 e. The van der Waals surface area contributed by atoms with Crippen molar-refractivity contribution in [1.82, 2.24) is 24.8 Å². The Labute approximate surface area is 177 Å². The van der Waals surface area contributed by atoms with Gasteiger partial charge in [-0.15, -0.1) is 13.2 Å². The van der Waals surface area contributed by atoms with E-state index < -0.39 is 12.3 Å². The first kappa shape index (κ1) is 21.0. The molecule has 1 radical (unpaired) electrons. The molecule has 4 rings (SSSR count). The van der Waals surface area contributed by atoms with Crippen LogP contribution < -0.4 is 10.1 Å². The molecular weight excluding hydrogens is 426 g/mol. The molecule has 29 heavy (non-hydrogen) atoms. The van der Waals surface area contributed by atoms with Crippen molar-refractivity contribution in [1.29, 1.82) is 0 Å². The number of rotatable bonds is 5. The van der Waals surface area contributed by atoms with E-state index in [0.717, 1.165) is 12.8 Å².